The molecule has 3 heteroatoms. The molecule has 114 valence electrons. The molecule has 0 aromatic carbocycles. The molecule has 0 heterocycles. The predicted octanol–water partition coefficient (Wildman–Crippen LogP) is 3.63. The molecule has 0 aromatic heterocycles. The lowest BCUT2D eigenvalue weighted by molar-refractivity contribution is -0.0910. The molecule has 1 rings (SSSR count). The minimum absolute atomic E-state index is 0.0935. The van der Waals surface area contributed by atoms with E-state index < -0.39 is 0 Å². The first-order valence-corrected chi connectivity index (χ1v) is 8.27. The number of nitrogens with one attached hydrogen (secondary N) is 1. The van der Waals surface area contributed by atoms with Crippen molar-refractivity contribution in [3.05, 3.63) is 0 Å². The van der Waals surface area contributed by atoms with Crippen LogP contribution in [0, 0.1) is 11.8 Å². The van der Waals surface area contributed by atoms with Gasteiger partial charge in [-0.2, -0.15) is 0 Å². The third-order valence-electron chi connectivity index (χ3n) is 5.25. The van der Waals surface area contributed by atoms with E-state index >= 15 is 0 Å². The highest BCUT2D eigenvalue weighted by Gasteiger charge is 2.41. The Hall–Kier alpha value is -0.120. The molecule has 0 bridgehead atoms. The summed E-state index contributed by atoms with van der Waals surface area (Å²) in [6.45, 7) is 9.62. The Morgan fingerprint density at radius 2 is 1.89 bits per heavy atom. The fourth-order valence-corrected chi connectivity index (χ4v) is 3.99. The van der Waals surface area contributed by atoms with Crippen molar-refractivity contribution in [2.24, 2.45) is 17.7 Å². The maximum absolute atomic E-state index is 6.16. The average molecular weight is 270 g/mol. The van der Waals surface area contributed by atoms with Crippen molar-refractivity contribution < 1.29 is 4.74 Å². The molecule has 0 spiro atoms. The quantitative estimate of drug-likeness (QED) is 0.523. The second-order valence-corrected chi connectivity index (χ2v) is 6.05. The van der Waals surface area contributed by atoms with Crippen molar-refractivity contribution in [3.8, 4) is 0 Å². The molecule has 1 aliphatic rings. The van der Waals surface area contributed by atoms with Crippen LogP contribution in [0.5, 0.6) is 0 Å². The molecule has 1 saturated carbocycles. The van der Waals surface area contributed by atoms with Crippen molar-refractivity contribution in [2.45, 2.75) is 84.3 Å². The number of hydrazine groups is 1. The summed E-state index contributed by atoms with van der Waals surface area (Å²) in [6, 6.07) is 0.289. The summed E-state index contributed by atoms with van der Waals surface area (Å²) in [7, 11) is 0. The first-order chi connectivity index (χ1) is 9.17. The second-order valence-electron chi connectivity index (χ2n) is 6.05. The molecule has 0 aromatic rings. The van der Waals surface area contributed by atoms with Gasteiger partial charge in [-0.3, -0.25) is 11.3 Å². The van der Waals surface area contributed by atoms with Crippen LogP contribution in [-0.4, -0.2) is 18.2 Å². The molecule has 19 heavy (non-hydrogen) atoms. The van der Waals surface area contributed by atoms with Gasteiger partial charge in [0.05, 0.1) is 11.6 Å². The van der Waals surface area contributed by atoms with Gasteiger partial charge in [-0.15, -0.1) is 0 Å². The highest BCUT2D eigenvalue weighted by molar-refractivity contribution is 4.96. The van der Waals surface area contributed by atoms with Gasteiger partial charge in [-0.25, -0.2) is 0 Å². The van der Waals surface area contributed by atoms with E-state index in [0.717, 1.165) is 25.4 Å². The lowest BCUT2D eigenvalue weighted by Crippen LogP contribution is -2.58. The maximum atomic E-state index is 6.16. The Balaban J connectivity index is 2.83. The summed E-state index contributed by atoms with van der Waals surface area (Å²) in [5.74, 6) is 7.47. The van der Waals surface area contributed by atoms with Gasteiger partial charge in [0.15, 0.2) is 0 Å². The number of rotatable bonds is 8. The van der Waals surface area contributed by atoms with E-state index in [1.165, 1.54) is 32.1 Å². The lowest BCUT2D eigenvalue weighted by Gasteiger charge is -2.45. The summed E-state index contributed by atoms with van der Waals surface area (Å²) < 4.78 is 6.16. The first-order valence-electron chi connectivity index (χ1n) is 8.27. The second kappa shape index (κ2) is 8.23. The van der Waals surface area contributed by atoms with Gasteiger partial charge in [0, 0.05) is 6.61 Å². The minimum atomic E-state index is -0.0935. The Bertz CT molecular complexity index is 241. The van der Waals surface area contributed by atoms with Crippen molar-refractivity contribution in [3.63, 3.8) is 0 Å². The van der Waals surface area contributed by atoms with E-state index in [4.69, 9.17) is 10.6 Å². The molecular weight excluding hydrogens is 236 g/mol. The van der Waals surface area contributed by atoms with Gasteiger partial charge in [-0.1, -0.05) is 40.0 Å². The monoisotopic (exact) mass is 270 g/mol. The molecule has 3 nitrogen and oxygen atoms in total. The summed E-state index contributed by atoms with van der Waals surface area (Å²) in [4.78, 5) is 0. The Morgan fingerprint density at radius 3 is 2.37 bits per heavy atom. The third-order valence-corrected chi connectivity index (χ3v) is 5.25. The fraction of sp³-hybridized carbons (Fsp3) is 1.00. The van der Waals surface area contributed by atoms with Gasteiger partial charge in [0.1, 0.15) is 0 Å². The molecule has 0 saturated heterocycles. The van der Waals surface area contributed by atoms with E-state index in [0.29, 0.717) is 5.92 Å². The summed E-state index contributed by atoms with van der Waals surface area (Å²) >= 11 is 0. The van der Waals surface area contributed by atoms with Gasteiger partial charge >= 0.3 is 0 Å². The largest absolute Gasteiger partial charge is 0.374 e. The normalized spacial score (nSPS) is 26.4. The molecule has 0 aliphatic heterocycles. The Kier molecular flexibility index (Phi) is 7.33. The van der Waals surface area contributed by atoms with Crippen LogP contribution in [0.4, 0.5) is 0 Å². The van der Waals surface area contributed by atoms with Crippen LogP contribution in [0.1, 0.15) is 72.6 Å². The van der Waals surface area contributed by atoms with Gasteiger partial charge in [0.2, 0.25) is 0 Å². The number of hydrogen-bond donors (Lipinski definition) is 2. The molecule has 3 unspecified atom stereocenters. The Morgan fingerprint density at radius 1 is 1.21 bits per heavy atom. The van der Waals surface area contributed by atoms with Crippen molar-refractivity contribution in [2.75, 3.05) is 6.61 Å². The van der Waals surface area contributed by atoms with E-state index in [1.54, 1.807) is 0 Å². The van der Waals surface area contributed by atoms with Crippen molar-refractivity contribution in [1.29, 1.82) is 0 Å². The van der Waals surface area contributed by atoms with Gasteiger partial charge < -0.3 is 4.74 Å². The number of hydrogen-bond acceptors (Lipinski definition) is 3. The standard InChI is InChI=1S/C16H34N2O/c1-5-13-10-9-11-14(12-13)15(18-17)16(6-2,7-3)19-8-4/h13-15,18H,5-12,17H2,1-4H3. The molecule has 3 N–H and O–H groups in total. The summed E-state index contributed by atoms with van der Waals surface area (Å²) in [6.07, 6.45) is 8.69. The number of ether oxygens (including phenoxy) is 1. The molecule has 0 radical (unpaired) electrons. The van der Waals surface area contributed by atoms with Gasteiger partial charge in [-0.05, 0) is 44.4 Å². The molecule has 1 fully saturated rings. The van der Waals surface area contributed by atoms with Crippen LogP contribution in [0.2, 0.25) is 0 Å². The van der Waals surface area contributed by atoms with E-state index in [2.05, 4.69) is 33.1 Å². The zero-order valence-electron chi connectivity index (χ0n) is 13.4. The van der Waals surface area contributed by atoms with E-state index in [9.17, 15) is 0 Å². The lowest BCUT2D eigenvalue weighted by atomic mass is 9.71. The molecule has 1 aliphatic carbocycles. The highest BCUT2D eigenvalue weighted by Crippen LogP contribution is 2.39. The fourth-order valence-electron chi connectivity index (χ4n) is 3.99. The van der Waals surface area contributed by atoms with Crippen LogP contribution in [-0.2, 0) is 4.74 Å². The van der Waals surface area contributed by atoms with Crippen molar-refractivity contribution in [1.82, 2.24) is 5.43 Å². The highest BCUT2D eigenvalue weighted by atomic mass is 16.5. The average Bonchev–Trinajstić information content (AvgIpc) is 2.47. The third kappa shape index (κ3) is 3.93. The maximum Gasteiger partial charge on any atom is 0.0845 e. The first kappa shape index (κ1) is 16.9. The Labute approximate surface area is 119 Å². The van der Waals surface area contributed by atoms with Crippen molar-refractivity contribution >= 4 is 0 Å². The summed E-state index contributed by atoms with van der Waals surface area (Å²) in [5, 5.41) is 0. The number of nitrogens with two attached hydrogens (primary N) is 1. The van der Waals surface area contributed by atoms with Crippen LogP contribution in [0.3, 0.4) is 0 Å². The van der Waals surface area contributed by atoms with Crippen LogP contribution < -0.4 is 11.3 Å². The van der Waals surface area contributed by atoms with Gasteiger partial charge in [0.25, 0.3) is 0 Å². The van der Waals surface area contributed by atoms with Crippen LogP contribution >= 0.6 is 0 Å². The molecule has 3 atom stereocenters. The van der Waals surface area contributed by atoms with Crippen LogP contribution in [0.25, 0.3) is 0 Å². The van der Waals surface area contributed by atoms with E-state index in [1.807, 2.05) is 0 Å². The topological polar surface area (TPSA) is 47.3 Å². The van der Waals surface area contributed by atoms with Crippen LogP contribution in [0.15, 0.2) is 0 Å². The summed E-state index contributed by atoms with van der Waals surface area (Å²) in [5.41, 5.74) is 3.03. The SMILES string of the molecule is CCOC(CC)(CC)C(NN)C1CCCC(CC)C1. The molecular formula is C16H34N2O. The zero-order chi connectivity index (χ0) is 14.3. The smallest absolute Gasteiger partial charge is 0.0845 e. The minimum Gasteiger partial charge on any atom is -0.374 e. The predicted molar refractivity (Wildman–Crippen MR) is 81.8 cm³/mol. The van der Waals surface area contributed by atoms with E-state index in [-0.39, 0.29) is 11.6 Å². The zero-order valence-corrected chi connectivity index (χ0v) is 13.4. The molecule has 0 amide bonds.